The Morgan fingerprint density at radius 3 is 1.46 bits per heavy atom. The summed E-state index contributed by atoms with van der Waals surface area (Å²) in [5, 5.41) is 34.8. The van der Waals surface area contributed by atoms with E-state index in [2.05, 4.69) is 4.74 Å². The minimum Gasteiger partial charge on any atom is -0.508 e. The second-order valence-electron chi connectivity index (χ2n) is 4.49. The van der Waals surface area contributed by atoms with Crippen molar-refractivity contribution in [2.75, 3.05) is 6.61 Å². The Hall–Kier alpha value is -2.41. The van der Waals surface area contributed by atoms with E-state index in [0.717, 1.165) is 0 Å². The highest BCUT2D eigenvalue weighted by atomic mass is 16.8. The molecular formula is C18H24O6. The van der Waals surface area contributed by atoms with E-state index in [1.54, 1.807) is 55.5 Å². The number of phenolic OH excluding ortho intramolecular Hbond substituents is 2. The summed E-state index contributed by atoms with van der Waals surface area (Å²) in [5.74, 6) is -2.66. The van der Waals surface area contributed by atoms with Crippen LogP contribution in [0.4, 0.5) is 0 Å². The number of ether oxygens (including phenoxy) is 1. The predicted octanol–water partition coefficient (Wildman–Crippen LogP) is 2.42. The first-order valence-corrected chi connectivity index (χ1v) is 7.43. The standard InChI is InChI=1S/C6H12O4.2C6H6O/c1-3-5(7)6(8,9)10-4-2;2*7-6-4-2-1-3-5-6/h8-9H,3-4H2,1-2H3;2*1-5,7H. The molecule has 0 aliphatic heterocycles. The van der Waals surface area contributed by atoms with Crippen LogP contribution in [0.2, 0.25) is 0 Å². The maximum absolute atomic E-state index is 10.6. The van der Waals surface area contributed by atoms with Crippen LogP contribution in [-0.2, 0) is 9.53 Å². The summed E-state index contributed by atoms with van der Waals surface area (Å²) in [6.07, 6.45) is 0.0486. The Bertz CT molecular complexity index is 517. The lowest BCUT2D eigenvalue weighted by Gasteiger charge is -2.17. The van der Waals surface area contributed by atoms with Crippen LogP contribution in [0.15, 0.2) is 60.7 Å². The van der Waals surface area contributed by atoms with Gasteiger partial charge < -0.3 is 25.2 Å². The SMILES string of the molecule is CCOC(O)(O)C(=O)CC.Oc1ccccc1.Oc1ccccc1. The molecule has 0 aliphatic carbocycles. The van der Waals surface area contributed by atoms with Crippen LogP contribution in [0.3, 0.4) is 0 Å². The number of phenols is 2. The van der Waals surface area contributed by atoms with Gasteiger partial charge in [-0.1, -0.05) is 43.3 Å². The smallest absolute Gasteiger partial charge is 0.341 e. The molecule has 0 aliphatic rings. The number of benzene rings is 2. The van der Waals surface area contributed by atoms with Crippen molar-refractivity contribution in [2.45, 2.75) is 26.2 Å². The zero-order valence-electron chi connectivity index (χ0n) is 13.8. The van der Waals surface area contributed by atoms with E-state index < -0.39 is 11.8 Å². The molecule has 0 unspecified atom stereocenters. The van der Waals surface area contributed by atoms with E-state index in [1.165, 1.54) is 6.92 Å². The molecule has 0 fully saturated rings. The van der Waals surface area contributed by atoms with Crippen LogP contribution in [0.5, 0.6) is 11.5 Å². The Labute approximate surface area is 141 Å². The van der Waals surface area contributed by atoms with Gasteiger partial charge in [0, 0.05) is 6.42 Å². The van der Waals surface area contributed by atoms with Gasteiger partial charge in [0.1, 0.15) is 11.5 Å². The third-order valence-corrected chi connectivity index (χ3v) is 2.54. The number of ketones is 1. The highest BCUT2D eigenvalue weighted by Crippen LogP contribution is 2.05. The number of hydrogen-bond donors (Lipinski definition) is 4. The van der Waals surface area contributed by atoms with Gasteiger partial charge >= 0.3 is 5.97 Å². The van der Waals surface area contributed by atoms with E-state index in [-0.39, 0.29) is 13.0 Å². The van der Waals surface area contributed by atoms with E-state index in [1.807, 2.05) is 12.1 Å². The first kappa shape index (κ1) is 21.6. The van der Waals surface area contributed by atoms with Crippen LogP contribution in [0, 0.1) is 0 Å². The van der Waals surface area contributed by atoms with Crippen molar-refractivity contribution in [1.82, 2.24) is 0 Å². The third-order valence-electron chi connectivity index (χ3n) is 2.54. The zero-order valence-corrected chi connectivity index (χ0v) is 13.8. The van der Waals surface area contributed by atoms with Crippen LogP contribution >= 0.6 is 0 Å². The van der Waals surface area contributed by atoms with E-state index in [9.17, 15) is 4.79 Å². The lowest BCUT2D eigenvalue weighted by Crippen LogP contribution is -2.40. The average molecular weight is 336 g/mol. The molecule has 0 bridgehead atoms. The van der Waals surface area contributed by atoms with Crippen molar-refractivity contribution in [3.8, 4) is 11.5 Å². The second-order valence-corrected chi connectivity index (χ2v) is 4.49. The number of aromatic hydroxyl groups is 2. The fraction of sp³-hybridized carbons (Fsp3) is 0.278. The van der Waals surface area contributed by atoms with Gasteiger partial charge in [-0.15, -0.1) is 0 Å². The molecule has 0 saturated carbocycles. The number of aliphatic hydroxyl groups is 2. The molecule has 2 rings (SSSR count). The lowest BCUT2D eigenvalue weighted by molar-refractivity contribution is -0.309. The number of para-hydroxylation sites is 2. The largest absolute Gasteiger partial charge is 0.508 e. The predicted molar refractivity (Wildman–Crippen MR) is 90.3 cm³/mol. The first-order valence-electron chi connectivity index (χ1n) is 7.43. The molecule has 0 saturated heterocycles. The Kier molecular flexibility index (Phi) is 10.9. The zero-order chi connectivity index (χ0) is 18.4. The van der Waals surface area contributed by atoms with Crippen molar-refractivity contribution >= 4 is 5.78 Å². The summed E-state index contributed by atoms with van der Waals surface area (Å²) in [7, 11) is 0. The van der Waals surface area contributed by atoms with Crippen molar-refractivity contribution in [2.24, 2.45) is 0 Å². The summed E-state index contributed by atoms with van der Waals surface area (Å²) >= 11 is 0. The van der Waals surface area contributed by atoms with Crippen LogP contribution < -0.4 is 0 Å². The summed E-state index contributed by atoms with van der Waals surface area (Å²) < 4.78 is 4.34. The van der Waals surface area contributed by atoms with Gasteiger partial charge in [0.2, 0.25) is 5.78 Å². The molecule has 0 amide bonds. The molecule has 0 spiro atoms. The van der Waals surface area contributed by atoms with Gasteiger partial charge in [0.25, 0.3) is 0 Å². The van der Waals surface area contributed by atoms with Gasteiger partial charge in [-0.2, -0.15) is 0 Å². The number of carbonyl (C=O) groups excluding carboxylic acids is 1. The molecule has 6 nitrogen and oxygen atoms in total. The van der Waals surface area contributed by atoms with Gasteiger partial charge in [-0.3, -0.25) is 4.79 Å². The fourth-order valence-electron chi connectivity index (χ4n) is 1.37. The number of carbonyl (C=O) groups is 1. The van der Waals surface area contributed by atoms with E-state index in [0.29, 0.717) is 11.5 Å². The van der Waals surface area contributed by atoms with Crippen LogP contribution in [0.1, 0.15) is 20.3 Å². The van der Waals surface area contributed by atoms with Gasteiger partial charge in [-0.05, 0) is 31.2 Å². The maximum Gasteiger partial charge on any atom is 0.341 e. The summed E-state index contributed by atoms with van der Waals surface area (Å²) in [6.45, 7) is 3.20. The molecule has 132 valence electrons. The average Bonchev–Trinajstić information content (AvgIpc) is 2.56. The maximum atomic E-state index is 10.6. The molecule has 24 heavy (non-hydrogen) atoms. The fourth-order valence-corrected chi connectivity index (χ4v) is 1.37. The molecule has 6 heteroatoms. The van der Waals surface area contributed by atoms with Crippen molar-refractivity contribution in [1.29, 1.82) is 0 Å². The molecule has 0 heterocycles. The van der Waals surface area contributed by atoms with E-state index in [4.69, 9.17) is 20.4 Å². The quantitative estimate of drug-likeness (QED) is 0.639. The van der Waals surface area contributed by atoms with Crippen molar-refractivity contribution < 1.29 is 30.0 Å². The number of hydrogen-bond acceptors (Lipinski definition) is 6. The lowest BCUT2D eigenvalue weighted by atomic mass is 10.3. The molecule has 4 N–H and O–H groups in total. The van der Waals surface area contributed by atoms with Crippen molar-refractivity contribution in [3.05, 3.63) is 60.7 Å². The summed E-state index contributed by atoms with van der Waals surface area (Å²) in [4.78, 5) is 10.6. The first-order chi connectivity index (χ1) is 11.3. The number of rotatable bonds is 4. The molecule has 0 radical (unpaired) electrons. The van der Waals surface area contributed by atoms with Crippen LogP contribution in [-0.4, -0.2) is 38.8 Å². The topological polar surface area (TPSA) is 107 Å². The minimum absolute atomic E-state index is 0.0486. The Morgan fingerprint density at radius 1 is 0.875 bits per heavy atom. The van der Waals surface area contributed by atoms with Gasteiger partial charge in [0.05, 0.1) is 6.61 Å². The molecule has 2 aromatic rings. The number of Topliss-reactive ketones (excluding diaryl/α,β-unsaturated/α-hetero) is 1. The van der Waals surface area contributed by atoms with Gasteiger partial charge in [-0.25, -0.2) is 0 Å². The normalized spacial score (nSPS) is 9.83. The molecule has 2 aromatic carbocycles. The molecular weight excluding hydrogens is 312 g/mol. The summed E-state index contributed by atoms with van der Waals surface area (Å²) in [5.41, 5.74) is 0. The van der Waals surface area contributed by atoms with Crippen LogP contribution in [0.25, 0.3) is 0 Å². The third kappa shape index (κ3) is 10.3. The van der Waals surface area contributed by atoms with Gasteiger partial charge in [0.15, 0.2) is 0 Å². The highest BCUT2D eigenvalue weighted by Gasteiger charge is 2.31. The van der Waals surface area contributed by atoms with E-state index >= 15 is 0 Å². The monoisotopic (exact) mass is 336 g/mol. The van der Waals surface area contributed by atoms with Crippen molar-refractivity contribution in [3.63, 3.8) is 0 Å². The highest BCUT2D eigenvalue weighted by molar-refractivity contribution is 5.83. The molecule has 0 aromatic heterocycles. The second kappa shape index (κ2) is 12.1. The Morgan fingerprint density at radius 2 is 1.25 bits per heavy atom. The Balaban J connectivity index is 0.000000337. The molecule has 0 atom stereocenters. The summed E-state index contributed by atoms with van der Waals surface area (Å²) in [6, 6.07) is 17.4. The minimum atomic E-state index is -2.58.